The average Bonchev–Trinajstić information content (AvgIpc) is 3.28. The van der Waals surface area contributed by atoms with Gasteiger partial charge < -0.3 is 30.4 Å². The van der Waals surface area contributed by atoms with Gasteiger partial charge in [-0.15, -0.1) is 0 Å². The van der Waals surface area contributed by atoms with E-state index in [1.54, 1.807) is 24.4 Å². The molecular formula is C24H25ClN6O4S. The fourth-order valence-corrected chi connectivity index (χ4v) is 5.56. The predicted molar refractivity (Wildman–Crippen MR) is 138 cm³/mol. The number of thioether (sulfide) groups is 1. The van der Waals surface area contributed by atoms with E-state index in [1.807, 2.05) is 12.3 Å². The minimum atomic E-state index is -0.932. The molecule has 4 N–H and O–H groups in total. The molecule has 2 amide bonds. The Morgan fingerprint density at radius 3 is 2.78 bits per heavy atom. The van der Waals surface area contributed by atoms with Crippen molar-refractivity contribution in [1.82, 2.24) is 25.2 Å². The highest BCUT2D eigenvalue weighted by Crippen LogP contribution is 2.46. The Morgan fingerprint density at radius 1 is 1.31 bits per heavy atom. The number of amides is 2. The molecule has 4 heterocycles. The number of hydrogen-bond acceptors (Lipinski definition) is 7. The number of likely N-dealkylation sites (tertiary alicyclic amines) is 1. The largest absolute Gasteiger partial charge is 0.493 e. The van der Waals surface area contributed by atoms with E-state index in [9.17, 15) is 14.7 Å². The lowest BCUT2D eigenvalue weighted by atomic mass is 9.72. The molecular weight excluding hydrogens is 504 g/mol. The molecule has 5 rings (SSSR count). The van der Waals surface area contributed by atoms with Crippen molar-refractivity contribution < 1.29 is 19.4 Å². The third-order valence-corrected chi connectivity index (χ3v) is 7.70. The number of aromatic nitrogens is 3. The van der Waals surface area contributed by atoms with Crippen molar-refractivity contribution in [2.45, 2.75) is 23.4 Å². The highest BCUT2D eigenvalue weighted by Gasteiger charge is 2.46. The lowest BCUT2D eigenvalue weighted by Crippen LogP contribution is -2.53. The Bertz CT molecular complexity index is 1340. The van der Waals surface area contributed by atoms with Crippen LogP contribution in [0.2, 0.25) is 5.02 Å². The minimum Gasteiger partial charge on any atom is -0.493 e. The van der Waals surface area contributed by atoms with Gasteiger partial charge in [0.15, 0.2) is 10.9 Å². The third kappa shape index (κ3) is 4.11. The first-order valence-electron chi connectivity index (χ1n) is 11.4. The number of fused-ring (bicyclic) bond motifs is 2. The predicted octanol–water partition coefficient (Wildman–Crippen LogP) is 4.35. The van der Waals surface area contributed by atoms with Gasteiger partial charge in [0, 0.05) is 36.9 Å². The number of rotatable bonds is 5. The minimum absolute atomic E-state index is 0.221. The maximum absolute atomic E-state index is 13.3. The molecule has 188 valence electrons. The molecule has 0 unspecified atom stereocenters. The van der Waals surface area contributed by atoms with Crippen molar-refractivity contribution in [2.75, 3.05) is 38.3 Å². The zero-order valence-electron chi connectivity index (χ0n) is 19.7. The van der Waals surface area contributed by atoms with Crippen molar-refractivity contribution in [3.63, 3.8) is 0 Å². The molecule has 2 aromatic heterocycles. The van der Waals surface area contributed by atoms with Crippen LogP contribution >= 0.6 is 23.4 Å². The number of piperidine rings is 1. The highest BCUT2D eigenvalue weighted by molar-refractivity contribution is 7.98. The molecule has 0 saturated carbocycles. The van der Waals surface area contributed by atoms with E-state index in [2.05, 4.69) is 25.6 Å². The zero-order chi connectivity index (χ0) is 25.4. The summed E-state index contributed by atoms with van der Waals surface area (Å²) in [5.74, 6) is 0.231. The van der Waals surface area contributed by atoms with Crippen molar-refractivity contribution >= 4 is 46.7 Å². The van der Waals surface area contributed by atoms with Crippen molar-refractivity contribution in [3.8, 4) is 17.1 Å². The van der Waals surface area contributed by atoms with E-state index < -0.39 is 11.5 Å². The van der Waals surface area contributed by atoms with Gasteiger partial charge in [0.1, 0.15) is 0 Å². The summed E-state index contributed by atoms with van der Waals surface area (Å²) in [6, 6.07) is 7.13. The number of hydrogen-bond donors (Lipinski definition) is 4. The molecule has 2 aliphatic heterocycles. The summed E-state index contributed by atoms with van der Waals surface area (Å²) in [4.78, 5) is 38.7. The number of anilines is 2. The van der Waals surface area contributed by atoms with Crippen LogP contribution in [-0.4, -0.2) is 70.0 Å². The first kappa shape index (κ1) is 24.3. The summed E-state index contributed by atoms with van der Waals surface area (Å²) < 4.78 is 5.53. The van der Waals surface area contributed by atoms with Gasteiger partial charge in [0.05, 0.1) is 40.5 Å². The number of methoxy groups -OCH3 is 1. The molecule has 1 fully saturated rings. The topological polar surface area (TPSA) is 132 Å². The lowest BCUT2D eigenvalue weighted by molar-refractivity contribution is 0.0865. The molecule has 0 bridgehead atoms. The normalized spacial score (nSPS) is 16.4. The van der Waals surface area contributed by atoms with E-state index in [0.29, 0.717) is 76.7 Å². The van der Waals surface area contributed by atoms with Gasteiger partial charge in [-0.3, -0.25) is 4.79 Å². The average molecular weight is 529 g/mol. The van der Waals surface area contributed by atoms with Crippen LogP contribution in [0.4, 0.5) is 16.2 Å². The fourth-order valence-electron chi connectivity index (χ4n) is 4.95. The number of carboxylic acid groups (broad SMARTS) is 1. The summed E-state index contributed by atoms with van der Waals surface area (Å²) in [6.07, 6.45) is 3.79. The van der Waals surface area contributed by atoms with E-state index in [0.717, 1.165) is 5.69 Å². The number of carbonyl (C=O) groups is 2. The number of aromatic amines is 1. The van der Waals surface area contributed by atoms with Gasteiger partial charge in [-0.25, -0.2) is 14.8 Å². The SMILES string of the molecule is COc1c(Cl)cccc1Nc1c(-c2ccnc(SC)n2)[nH]c2c1C(=O)NCC21CCN(C(=O)O)CC1. The molecule has 0 aliphatic carbocycles. The van der Waals surface area contributed by atoms with Gasteiger partial charge in [0.2, 0.25) is 0 Å². The molecule has 1 aromatic carbocycles. The van der Waals surface area contributed by atoms with Gasteiger partial charge in [0.25, 0.3) is 5.91 Å². The summed E-state index contributed by atoms with van der Waals surface area (Å²) in [6.45, 7) is 1.19. The van der Waals surface area contributed by atoms with E-state index in [-0.39, 0.29) is 5.91 Å². The number of nitrogens with zero attached hydrogens (tertiary/aromatic N) is 3. The van der Waals surface area contributed by atoms with Crippen LogP contribution in [0, 0.1) is 0 Å². The van der Waals surface area contributed by atoms with E-state index in [1.165, 1.54) is 23.8 Å². The fraction of sp³-hybridized carbons (Fsp3) is 0.333. The van der Waals surface area contributed by atoms with Crippen LogP contribution in [0.25, 0.3) is 11.4 Å². The summed E-state index contributed by atoms with van der Waals surface area (Å²) in [7, 11) is 1.53. The smallest absolute Gasteiger partial charge is 0.407 e. The lowest BCUT2D eigenvalue weighted by Gasteiger charge is -2.43. The molecule has 1 saturated heterocycles. The number of H-pyrrole nitrogens is 1. The van der Waals surface area contributed by atoms with Crippen LogP contribution in [-0.2, 0) is 5.41 Å². The maximum atomic E-state index is 13.3. The molecule has 10 nitrogen and oxygen atoms in total. The first-order valence-corrected chi connectivity index (χ1v) is 13.0. The van der Waals surface area contributed by atoms with Gasteiger partial charge in [-0.2, -0.15) is 0 Å². The number of benzene rings is 1. The van der Waals surface area contributed by atoms with Crippen molar-refractivity contribution in [3.05, 3.63) is 46.7 Å². The summed E-state index contributed by atoms with van der Waals surface area (Å²) in [5, 5.41) is 16.9. The molecule has 1 spiro atoms. The van der Waals surface area contributed by atoms with Gasteiger partial charge in [-0.1, -0.05) is 29.4 Å². The maximum Gasteiger partial charge on any atom is 0.407 e. The zero-order valence-corrected chi connectivity index (χ0v) is 21.3. The number of para-hydroxylation sites is 1. The standard InChI is InChI=1S/C24H25ClN6O4S/c1-35-19-13(25)4-3-5-15(19)28-18-16-20(30-17(18)14-6-9-26-22(29-14)36-2)24(12-27-21(16)32)7-10-31(11-8-24)23(33)34/h3-6,9,28,30H,7-8,10-12H2,1-2H3,(H,27,32)(H,33,34). The quantitative estimate of drug-likeness (QED) is 0.284. The number of ether oxygens (including phenoxy) is 1. The second-order valence-electron chi connectivity index (χ2n) is 8.73. The second kappa shape index (κ2) is 9.55. The van der Waals surface area contributed by atoms with Crippen molar-refractivity contribution in [1.29, 1.82) is 0 Å². The second-order valence-corrected chi connectivity index (χ2v) is 9.91. The highest BCUT2D eigenvalue weighted by atomic mass is 35.5. The molecule has 3 aromatic rings. The van der Waals surface area contributed by atoms with Crippen molar-refractivity contribution in [2.24, 2.45) is 0 Å². The van der Waals surface area contributed by atoms with Gasteiger partial charge in [-0.05, 0) is 37.3 Å². The number of halogens is 1. The van der Waals surface area contributed by atoms with E-state index >= 15 is 0 Å². The Balaban J connectivity index is 1.68. The Morgan fingerprint density at radius 2 is 2.08 bits per heavy atom. The molecule has 12 heteroatoms. The molecule has 2 aliphatic rings. The van der Waals surface area contributed by atoms with Crippen LogP contribution in [0.3, 0.4) is 0 Å². The number of carbonyl (C=O) groups excluding carboxylic acids is 1. The summed E-state index contributed by atoms with van der Waals surface area (Å²) in [5.41, 5.74) is 3.23. The van der Waals surface area contributed by atoms with Crippen LogP contribution in [0.15, 0.2) is 35.6 Å². The van der Waals surface area contributed by atoms with Crippen LogP contribution in [0.5, 0.6) is 5.75 Å². The molecule has 36 heavy (non-hydrogen) atoms. The Kier molecular flexibility index (Phi) is 6.44. The van der Waals surface area contributed by atoms with Gasteiger partial charge >= 0.3 is 6.09 Å². The Hall–Kier alpha value is -3.44. The van der Waals surface area contributed by atoms with Crippen LogP contribution < -0.4 is 15.4 Å². The third-order valence-electron chi connectivity index (χ3n) is 6.84. The number of nitrogens with one attached hydrogen (secondary N) is 3. The Labute approximate surface area is 216 Å². The van der Waals surface area contributed by atoms with E-state index in [4.69, 9.17) is 16.3 Å². The molecule has 0 radical (unpaired) electrons. The first-order chi connectivity index (χ1) is 17.4. The molecule has 0 atom stereocenters. The summed E-state index contributed by atoms with van der Waals surface area (Å²) >= 11 is 7.79. The van der Waals surface area contributed by atoms with Crippen LogP contribution in [0.1, 0.15) is 28.9 Å². The monoisotopic (exact) mass is 528 g/mol.